The Kier molecular flexibility index (Phi) is 4.34. The van der Waals surface area contributed by atoms with Crippen molar-refractivity contribution in [2.45, 2.75) is 38.3 Å². The number of rotatable bonds is 3. The van der Waals surface area contributed by atoms with Gasteiger partial charge in [-0.1, -0.05) is 15.9 Å². The van der Waals surface area contributed by atoms with E-state index in [1.54, 1.807) is 0 Å². The summed E-state index contributed by atoms with van der Waals surface area (Å²) in [5.74, 6) is 0. The highest BCUT2D eigenvalue weighted by molar-refractivity contribution is 9.10. The lowest BCUT2D eigenvalue weighted by Gasteiger charge is -2.26. The molecule has 3 nitrogen and oxygen atoms in total. The molecule has 2 atom stereocenters. The maximum absolute atomic E-state index is 10.0. The molecule has 0 radical (unpaired) electrons. The van der Waals surface area contributed by atoms with E-state index in [9.17, 15) is 5.11 Å². The fourth-order valence-electron chi connectivity index (χ4n) is 3.51. The lowest BCUT2D eigenvalue weighted by molar-refractivity contribution is 0.199. The number of likely N-dealkylation sites (tertiary alicyclic amines) is 1. The summed E-state index contributed by atoms with van der Waals surface area (Å²) >= 11 is 3.50. The largest absolute Gasteiger partial charge is 0.389 e. The first-order valence-corrected chi connectivity index (χ1v) is 8.41. The van der Waals surface area contributed by atoms with Gasteiger partial charge in [-0.3, -0.25) is 4.90 Å². The fraction of sp³-hybridized carbons (Fsp3) is 0.625. The lowest BCUT2D eigenvalue weighted by atomic mass is 10.1. The van der Waals surface area contributed by atoms with Crippen LogP contribution in [-0.2, 0) is 0 Å². The van der Waals surface area contributed by atoms with E-state index in [-0.39, 0.29) is 0 Å². The van der Waals surface area contributed by atoms with Crippen molar-refractivity contribution in [2.75, 3.05) is 31.1 Å². The van der Waals surface area contributed by atoms with Crippen LogP contribution >= 0.6 is 15.9 Å². The molecular formula is C16H23BrN2O. The average Bonchev–Trinajstić information content (AvgIpc) is 3.09. The minimum Gasteiger partial charge on any atom is -0.389 e. The van der Waals surface area contributed by atoms with Gasteiger partial charge < -0.3 is 10.0 Å². The van der Waals surface area contributed by atoms with Crippen LogP contribution in [0.15, 0.2) is 22.7 Å². The molecule has 2 aliphatic heterocycles. The van der Waals surface area contributed by atoms with Crippen molar-refractivity contribution >= 4 is 21.6 Å². The molecule has 2 heterocycles. The van der Waals surface area contributed by atoms with Crippen LogP contribution in [0.25, 0.3) is 0 Å². The fourth-order valence-corrected chi connectivity index (χ4v) is 3.89. The van der Waals surface area contributed by atoms with E-state index in [2.05, 4.69) is 37.9 Å². The van der Waals surface area contributed by atoms with E-state index in [1.807, 2.05) is 13.0 Å². The van der Waals surface area contributed by atoms with Gasteiger partial charge >= 0.3 is 0 Å². The van der Waals surface area contributed by atoms with Crippen molar-refractivity contribution in [3.05, 3.63) is 28.2 Å². The summed E-state index contributed by atoms with van der Waals surface area (Å²) in [6.07, 6.45) is 3.53. The molecule has 2 unspecified atom stereocenters. The normalized spacial score (nSPS) is 25.4. The number of halogens is 1. The van der Waals surface area contributed by atoms with Crippen LogP contribution in [0.5, 0.6) is 0 Å². The highest BCUT2D eigenvalue weighted by atomic mass is 79.9. The molecule has 0 aliphatic carbocycles. The third-order valence-corrected chi connectivity index (χ3v) is 5.09. The van der Waals surface area contributed by atoms with Crippen LogP contribution in [0.2, 0.25) is 0 Å². The minimum absolute atomic E-state index is 0.423. The van der Waals surface area contributed by atoms with Gasteiger partial charge in [0.2, 0.25) is 0 Å². The summed E-state index contributed by atoms with van der Waals surface area (Å²) in [6, 6.07) is 6.95. The minimum atomic E-state index is -0.423. The van der Waals surface area contributed by atoms with Crippen LogP contribution in [0.1, 0.15) is 37.9 Å². The van der Waals surface area contributed by atoms with Gasteiger partial charge in [0.1, 0.15) is 0 Å². The number of nitrogens with zero attached hydrogens (tertiary/aromatic N) is 2. The third-order valence-electron chi connectivity index (χ3n) is 4.60. The summed E-state index contributed by atoms with van der Waals surface area (Å²) in [7, 11) is 0. The first-order chi connectivity index (χ1) is 9.65. The summed E-state index contributed by atoms with van der Waals surface area (Å²) in [5.41, 5.74) is 2.23. The summed E-state index contributed by atoms with van der Waals surface area (Å²) in [6.45, 7) is 6.58. The van der Waals surface area contributed by atoms with Gasteiger partial charge in [-0.05, 0) is 57.5 Å². The SMILES string of the molecule is CC(O)c1cc(Br)ccc1N1CCC(N2CCCC2)C1. The van der Waals surface area contributed by atoms with Crippen molar-refractivity contribution in [2.24, 2.45) is 0 Å². The Morgan fingerprint density at radius 3 is 2.70 bits per heavy atom. The lowest BCUT2D eigenvalue weighted by Crippen LogP contribution is -2.35. The van der Waals surface area contributed by atoms with Gasteiger partial charge in [-0.15, -0.1) is 0 Å². The van der Waals surface area contributed by atoms with Crippen molar-refractivity contribution in [3.63, 3.8) is 0 Å². The predicted octanol–water partition coefficient (Wildman–Crippen LogP) is 3.18. The van der Waals surface area contributed by atoms with E-state index in [0.29, 0.717) is 6.04 Å². The second kappa shape index (κ2) is 6.04. The molecule has 4 heteroatoms. The number of benzene rings is 1. The maximum Gasteiger partial charge on any atom is 0.0782 e. The molecule has 0 saturated carbocycles. The van der Waals surface area contributed by atoms with E-state index < -0.39 is 6.10 Å². The Bertz CT molecular complexity index is 472. The molecular weight excluding hydrogens is 316 g/mol. The molecule has 110 valence electrons. The molecule has 1 aromatic carbocycles. The quantitative estimate of drug-likeness (QED) is 0.916. The van der Waals surface area contributed by atoms with Crippen LogP contribution in [0.4, 0.5) is 5.69 Å². The average molecular weight is 339 g/mol. The van der Waals surface area contributed by atoms with Gasteiger partial charge in [0.25, 0.3) is 0 Å². The van der Waals surface area contributed by atoms with E-state index >= 15 is 0 Å². The van der Waals surface area contributed by atoms with Gasteiger partial charge in [0, 0.05) is 34.9 Å². The highest BCUT2D eigenvalue weighted by Gasteiger charge is 2.30. The Morgan fingerprint density at radius 2 is 2.00 bits per heavy atom. The second-order valence-corrected chi connectivity index (χ2v) is 6.93. The maximum atomic E-state index is 10.0. The molecule has 3 rings (SSSR count). The summed E-state index contributed by atoms with van der Waals surface area (Å²) in [5, 5.41) is 10.0. The summed E-state index contributed by atoms with van der Waals surface area (Å²) < 4.78 is 1.03. The van der Waals surface area contributed by atoms with Gasteiger partial charge in [0.15, 0.2) is 0 Å². The zero-order valence-electron chi connectivity index (χ0n) is 12.1. The molecule has 0 amide bonds. The molecule has 2 saturated heterocycles. The molecule has 20 heavy (non-hydrogen) atoms. The smallest absolute Gasteiger partial charge is 0.0782 e. The van der Waals surface area contributed by atoms with Gasteiger partial charge in [-0.25, -0.2) is 0 Å². The Morgan fingerprint density at radius 1 is 1.25 bits per heavy atom. The van der Waals surface area contributed by atoms with Crippen LogP contribution in [0, 0.1) is 0 Å². The van der Waals surface area contributed by atoms with Crippen LogP contribution in [0.3, 0.4) is 0 Å². The molecule has 0 bridgehead atoms. The van der Waals surface area contributed by atoms with Crippen molar-refractivity contribution < 1.29 is 5.11 Å². The van der Waals surface area contributed by atoms with Crippen molar-refractivity contribution in [1.29, 1.82) is 0 Å². The summed E-state index contributed by atoms with van der Waals surface area (Å²) in [4.78, 5) is 5.08. The number of hydrogen-bond donors (Lipinski definition) is 1. The van der Waals surface area contributed by atoms with E-state index in [4.69, 9.17) is 0 Å². The third kappa shape index (κ3) is 2.87. The zero-order chi connectivity index (χ0) is 14.1. The molecule has 2 fully saturated rings. The monoisotopic (exact) mass is 338 g/mol. The topological polar surface area (TPSA) is 26.7 Å². The standard InChI is InChI=1S/C16H23BrN2O/c1-12(20)15-10-13(17)4-5-16(15)19-9-6-14(11-19)18-7-2-3-8-18/h4-5,10,12,14,20H,2-3,6-9,11H2,1H3. The van der Waals surface area contributed by atoms with Crippen LogP contribution < -0.4 is 4.90 Å². The molecule has 1 N–H and O–H groups in total. The first-order valence-electron chi connectivity index (χ1n) is 7.61. The first kappa shape index (κ1) is 14.4. The molecule has 0 aromatic heterocycles. The van der Waals surface area contributed by atoms with Crippen molar-refractivity contribution in [3.8, 4) is 0 Å². The molecule has 1 aromatic rings. The molecule has 0 spiro atoms. The van der Waals surface area contributed by atoms with Crippen molar-refractivity contribution in [1.82, 2.24) is 4.90 Å². The number of hydrogen-bond acceptors (Lipinski definition) is 3. The zero-order valence-corrected chi connectivity index (χ0v) is 13.6. The Hall–Kier alpha value is -0.580. The number of anilines is 1. The second-order valence-electron chi connectivity index (χ2n) is 6.01. The van der Waals surface area contributed by atoms with Crippen LogP contribution in [-0.4, -0.2) is 42.2 Å². The van der Waals surface area contributed by atoms with Gasteiger partial charge in [0.05, 0.1) is 6.10 Å². The highest BCUT2D eigenvalue weighted by Crippen LogP contribution is 2.33. The number of aliphatic hydroxyl groups excluding tert-OH is 1. The van der Waals surface area contributed by atoms with E-state index in [1.165, 1.54) is 38.0 Å². The Labute approximate surface area is 129 Å². The van der Waals surface area contributed by atoms with E-state index in [0.717, 1.165) is 23.1 Å². The van der Waals surface area contributed by atoms with Gasteiger partial charge in [-0.2, -0.15) is 0 Å². The Balaban J connectivity index is 1.77. The molecule has 2 aliphatic rings. The number of aliphatic hydroxyl groups is 1. The predicted molar refractivity (Wildman–Crippen MR) is 86.2 cm³/mol.